The molecule has 1 aliphatic rings. The zero-order valence-corrected chi connectivity index (χ0v) is 14.7. The summed E-state index contributed by atoms with van der Waals surface area (Å²) in [6.07, 6.45) is 7.77. The summed E-state index contributed by atoms with van der Waals surface area (Å²) in [4.78, 5) is 24.0. The van der Waals surface area contributed by atoms with Gasteiger partial charge in [-0.15, -0.1) is 0 Å². The Morgan fingerprint density at radius 2 is 2.08 bits per heavy atom. The first-order valence-corrected chi connectivity index (χ1v) is 9.03. The minimum atomic E-state index is -0.454. The van der Waals surface area contributed by atoms with E-state index in [0.29, 0.717) is 23.4 Å². The van der Waals surface area contributed by atoms with Crippen LogP contribution in [0.4, 0.5) is 0 Å². The Hall–Kier alpha value is -2.30. The number of carbonyl (C=O) groups excluding carboxylic acids is 1. The zero-order valence-electron chi connectivity index (χ0n) is 14.7. The van der Waals surface area contributed by atoms with Crippen LogP contribution >= 0.6 is 0 Å². The van der Waals surface area contributed by atoms with Gasteiger partial charge >= 0.3 is 5.63 Å². The smallest absolute Gasteiger partial charge is 0.336 e. The first-order valence-electron chi connectivity index (χ1n) is 9.03. The van der Waals surface area contributed by atoms with Crippen LogP contribution in [0.2, 0.25) is 0 Å². The van der Waals surface area contributed by atoms with Gasteiger partial charge < -0.3 is 14.5 Å². The van der Waals surface area contributed by atoms with Crippen LogP contribution in [0.25, 0.3) is 11.0 Å². The largest absolute Gasteiger partial charge is 0.497 e. The van der Waals surface area contributed by atoms with Crippen LogP contribution in [0.1, 0.15) is 44.1 Å². The molecule has 0 bridgehead atoms. The van der Waals surface area contributed by atoms with Crippen LogP contribution in [0.5, 0.6) is 5.75 Å². The predicted molar refractivity (Wildman–Crippen MR) is 96.9 cm³/mol. The van der Waals surface area contributed by atoms with Gasteiger partial charge in [0.25, 0.3) is 0 Å². The van der Waals surface area contributed by atoms with Crippen molar-refractivity contribution in [2.24, 2.45) is 5.92 Å². The minimum Gasteiger partial charge on any atom is -0.497 e. The summed E-state index contributed by atoms with van der Waals surface area (Å²) in [5.74, 6) is 1.40. The topological polar surface area (TPSA) is 68.5 Å². The third-order valence-corrected chi connectivity index (χ3v) is 4.97. The summed E-state index contributed by atoms with van der Waals surface area (Å²) in [6, 6.07) is 6.68. The highest BCUT2D eigenvalue weighted by molar-refractivity contribution is 5.87. The molecule has 5 nitrogen and oxygen atoms in total. The lowest BCUT2D eigenvalue weighted by Crippen LogP contribution is -2.26. The average molecular weight is 343 g/mol. The molecule has 1 aliphatic carbocycles. The van der Waals surface area contributed by atoms with Crippen molar-refractivity contribution < 1.29 is 13.9 Å². The van der Waals surface area contributed by atoms with E-state index < -0.39 is 5.63 Å². The van der Waals surface area contributed by atoms with Crippen LogP contribution in [-0.4, -0.2) is 19.6 Å². The Morgan fingerprint density at radius 1 is 1.28 bits per heavy atom. The lowest BCUT2D eigenvalue weighted by Gasteiger charge is -2.10. The highest BCUT2D eigenvalue weighted by Gasteiger charge is 2.15. The van der Waals surface area contributed by atoms with Gasteiger partial charge in [-0.05, 0) is 36.5 Å². The van der Waals surface area contributed by atoms with Crippen molar-refractivity contribution in [3.63, 3.8) is 0 Å². The number of rotatable bonds is 7. The molecule has 0 atom stereocenters. The van der Waals surface area contributed by atoms with Crippen LogP contribution < -0.4 is 15.7 Å². The summed E-state index contributed by atoms with van der Waals surface area (Å²) >= 11 is 0. The second kappa shape index (κ2) is 8.19. The zero-order chi connectivity index (χ0) is 17.6. The standard InChI is InChI=1S/C20H25NO4/c1-24-16-8-9-17-15(12-20(23)25-18(17)13-16)11-19(22)21-10-4-7-14-5-2-3-6-14/h8-9,12-14H,2-7,10-11H2,1H3,(H,21,22). The Labute approximate surface area is 147 Å². The second-order valence-electron chi connectivity index (χ2n) is 6.77. The number of methoxy groups -OCH3 is 1. The molecule has 1 fully saturated rings. The Bertz CT molecular complexity index is 790. The molecule has 1 aromatic heterocycles. The fourth-order valence-electron chi connectivity index (χ4n) is 3.64. The van der Waals surface area contributed by atoms with Crippen molar-refractivity contribution in [3.05, 3.63) is 40.2 Å². The van der Waals surface area contributed by atoms with Crippen molar-refractivity contribution in [2.45, 2.75) is 44.9 Å². The number of amides is 1. The van der Waals surface area contributed by atoms with E-state index in [0.717, 1.165) is 17.7 Å². The van der Waals surface area contributed by atoms with Crippen LogP contribution in [0.3, 0.4) is 0 Å². The fourth-order valence-corrected chi connectivity index (χ4v) is 3.64. The first-order chi connectivity index (χ1) is 12.2. The number of hydrogen-bond donors (Lipinski definition) is 1. The quantitative estimate of drug-likeness (QED) is 0.618. The van der Waals surface area contributed by atoms with Gasteiger partial charge in [-0.25, -0.2) is 4.79 Å². The highest BCUT2D eigenvalue weighted by Crippen LogP contribution is 2.28. The number of hydrogen-bond acceptors (Lipinski definition) is 4. The molecular formula is C20H25NO4. The van der Waals surface area contributed by atoms with E-state index in [9.17, 15) is 9.59 Å². The Balaban J connectivity index is 1.59. The van der Waals surface area contributed by atoms with Crippen LogP contribution in [0, 0.1) is 5.92 Å². The van der Waals surface area contributed by atoms with E-state index in [2.05, 4.69) is 5.32 Å². The number of benzene rings is 1. The van der Waals surface area contributed by atoms with E-state index in [1.54, 1.807) is 19.2 Å². The van der Waals surface area contributed by atoms with E-state index in [1.807, 2.05) is 6.07 Å². The van der Waals surface area contributed by atoms with E-state index in [1.165, 1.54) is 38.2 Å². The van der Waals surface area contributed by atoms with Gasteiger partial charge in [0.05, 0.1) is 13.5 Å². The molecule has 1 N–H and O–H groups in total. The van der Waals surface area contributed by atoms with Gasteiger partial charge in [-0.1, -0.05) is 25.7 Å². The third kappa shape index (κ3) is 4.62. The van der Waals surface area contributed by atoms with Crippen LogP contribution in [0.15, 0.2) is 33.5 Å². The number of fused-ring (bicyclic) bond motifs is 1. The summed E-state index contributed by atoms with van der Waals surface area (Å²) in [7, 11) is 1.56. The molecule has 5 heteroatoms. The van der Waals surface area contributed by atoms with Gasteiger partial charge in [0.1, 0.15) is 11.3 Å². The van der Waals surface area contributed by atoms with E-state index in [-0.39, 0.29) is 12.3 Å². The number of ether oxygens (including phenoxy) is 1. The van der Waals surface area contributed by atoms with Crippen molar-refractivity contribution >= 4 is 16.9 Å². The lowest BCUT2D eigenvalue weighted by molar-refractivity contribution is -0.120. The SMILES string of the molecule is COc1ccc2c(CC(=O)NCCCC3CCCC3)cc(=O)oc2c1. The molecule has 1 amide bonds. The maximum absolute atomic E-state index is 12.2. The summed E-state index contributed by atoms with van der Waals surface area (Å²) in [5, 5.41) is 3.73. The van der Waals surface area contributed by atoms with Crippen molar-refractivity contribution in [1.82, 2.24) is 5.32 Å². The maximum Gasteiger partial charge on any atom is 0.336 e. The van der Waals surface area contributed by atoms with Crippen LogP contribution in [-0.2, 0) is 11.2 Å². The molecule has 25 heavy (non-hydrogen) atoms. The van der Waals surface area contributed by atoms with Crippen molar-refractivity contribution in [1.29, 1.82) is 0 Å². The van der Waals surface area contributed by atoms with Crippen molar-refractivity contribution in [2.75, 3.05) is 13.7 Å². The van der Waals surface area contributed by atoms with E-state index in [4.69, 9.17) is 9.15 Å². The molecule has 0 unspecified atom stereocenters. The van der Waals surface area contributed by atoms with Crippen molar-refractivity contribution in [3.8, 4) is 5.75 Å². The molecule has 0 spiro atoms. The summed E-state index contributed by atoms with van der Waals surface area (Å²) < 4.78 is 10.4. The maximum atomic E-state index is 12.2. The highest BCUT2D eigenvalue weighted by atomic mass is 16.5. The molecule has 0 radical (unpaired) electrons. The Morgan fingerprint density at radius 3 is 2.84 bits per heavy atom. The second-order valence-corrected chi connectivity index (χ2v) is 6.77. The summed E-state index contributed by atoms with van der Waals surface area (Å²) in [5.41, 5.74) is 0.669. The summed E-state index contributed by atoms with van der Waals surface area (Å²) in [6.45, 7) is 0.697. The van der Waals surface area contributed by atoms with Gasteiger partial charge in [-0.2, -0.15) is 0 Å². The molecule has 0 aliphatic heterocycles. The van der Waals surface area contributed by atoms with E-state index >= 15 is 0 Å². The minimum absolute atomic E-state index is 0.0610. The fraction of sp³-hybridized carbons (Fsp3) is 0.500. The van der Waals surface area contributed by atoms with Gasteiger partial charge in [0, 0.05) is 24.1 Å². The normalized spacial score (nSPS) is 14.8. The monoisotopic (exact) mass is 343 g/mol. The molecule has 1 heterocycles. The first kappa shape index (κ1) is 17.5. The predicted octanol–water partition coefficient (Wildman–Crippen LogP) is 3.43. The molecule has 1 saturated carbocycles. The van der Waals surface area contributed by atoms with Gasteiger partial charge in [0.2, 0.25) is 5.91 Å². The lowest BCUT2D eigenvalue weighted by atomic mass is 10.0. The van der Waals surface area contributed by atoms with Gasteiger partial charge in [0.15, 0.2) is 0 Å². The number of carbonyl (C=O) groups is 1. The van der Waals surface area contributed by atoms with Gasteiger partial charge in [-0.3, -0.25) is 4.79 Å². The Kier molecular flexibility index (Phi) is 5.74. The third-order valence-electron chi connectivity index (χ3n) is 4.97. The molecule has 1 aromatic carbocycles. The average Bonchev–Trinajstić information content (AvgIpc) is 3.11. The molecule has 3 rings (SSSR count). The number of nitrogens with one attached hydrogen (secondary N) is 1. The molecule has 134 valence electrons. The molecule has 0 saturated heterocycles. The molecule has 2 aromatic rings. The molecular weight excluding hydrogens is 318 g/mol.